The summed E-state index contributed by atoms with van der Waals surface area (Å²) in [5, 5.41) is 50.1. The van der Waals surface area contributed by atoms with Crippen molar-refractivity contribution in [3.8, 4) is 23.0 Å². The van der Waals surface area contributed by atoms with E-state index in [1.807, 2.05) is 0 Å². The van der Waals surface area contributed by atoms with Crippen LogP contribution in [0.5, 0.6) is 23.0 Å². The number of fused-ring (bicyclic) bond motifs is 1. The summed E-state index contributed by atoms with van der Waals surface area (Å²) in [4.78, 5) is 24.5. The fraction of sp³-hybridized carbons (Fsp3) is 0.364. The Kier molecular flexibility index (Phi) is 6.13. The zero-order chi connectivity index (χ0) is 23.9. The van der Waals surface area contributed by atoms with Gasteiger partial charge in [0.2, 0.25) is 6.29 Å². The van der Waals surface area contributed by atoms with Crippen LogP contribution < -0.4 is 9.47 Å². The van der Waals surface area contributed by atoms with Crippen LogP contribution in [0.25, 0.3) is 0 Å². The van der Waals surface area contributed by atoms with E-state index in [9.17, 15) is 35.1 Å². The van der Waals surface area contributed by atoms with Gasteiger partial charge in [0, 0.05) is 12.1 Å². The number of phenolic OH excluding ortho intramolecular Hbond substituents is 2. The summed E-state index contributed by atoms with van der Waals surface area (Å²) in [6.45, 7) is 0. The number of rotatable bonds is 4. The first kappa shape index (κ1) is 22.8. The van der Waals surface area contributed by atoms with E-state index in [0.717, 1.165) is 13.2 Å². The first-order valence-corrected chi connectivity index (χ1v) is 9.99. The van der Waals surface area contributed by atoms with Crippen LogP contribution in [0.15, 0.2) is 36.4 Å². The molecular weight excluding hydrogens is 440 g/mol. The lowest BCUT2D eigenvalue weighted by molar-refractivity contribution is -0.271. The highest BCUT2D eigenvalue weighted by Crippen LogP contribution is 2.42. The van der Waals surface area contributed by atoms with Gasteiger partial charge in [-0.3, -0.25) is 4.79 Å². The highest BCUT2D eigenvalue weighted by Gasteiger charge is 2.48. The zero-order valence-electron chi connectivity index (χ0n) is 17.3. The largest absolute Gasteiger partial charge is 0.508 e. The van der Waals surface area contributed by atoms with Crippen molar-refractivity contribution >= 4 is 11.8 Å². The summed E-state index contributed by atoms with van der Waals surface area (Å²) in [7, 11) is 1.06. The van der Waals surface area contributed by atoms with Gasteiger partial charge in [-0.15, -0.1) is 0 Å². The SMILES string of the molecule is COC(=O)[C@H]1O[C@@H](Oc2cc(O)c3c(c2)O[C@@H](c2ccc(O)cc2)CC3=O)[C@H](O)[C@@H](O)[C@@H]1O. The Bertz CT molecular complexity index is 1050. The van der Waals surface area contributed by atoms with E-state index < -0.39 is 48.5 Å². The van der Waals surface area contributed by atoms with Crippen molar-refractivity contribution < 1.29 is 54.1 Å². The molecule has 2 aliphatic rings. The number of benzene rings is 2. The number of Topliss-reactive ketones (excluding diaryl/α,β-unsaturated/α-hetero) is 1. The van der Waals surface area contributed by atoms with Crippen molar-refractivity contribution in [2.45, 2.75) is 43.2 Å². The van der Waals surface area contributed by atoms with Gasteiger partial charge in [-0.2, -0.15) is 0 Å². The number of aliphatic hydroxyl groups excluding tert-OH is 3. The third-order valence-electron chi connectivity index (χ3n) is 5.49. The zero-order valence-corrected chi connectivity index (χ0v) is 17.3. The first-order chi connectivity index (χ1) is 15.7. The second-order valence-corrected chi connectivity index (χ2v) is 7.68. The molecule has 0 saturated carbocycles. The number of aliphatic hydroxyl groups is 3. The quantitative estimate of drug-likeness (QED) is 0.392. The van der Waals surface area contributed by atoms with Crippen LogP contribution in [0, 0.1) is 0 Å². The van der Waals surface area contributed by atoms with Gasteiger partial charge in [0.1, 0.15) is 53.0 Å². The van der Waals surface area contributed by atoms with E-state index in [-0.39, 0.29) is 35.0 Å². The maximum absolute atomic E-state index is 12.6. The summed E-state index contributed by atoms with van der Waals surface area (Å²) >= 11 is 0. The molecule has 2 aromatic rings. The smallest absolute Gasteiger partial charge is 0.337 e. The molecule has 2 aliphatic heterocycles. The molecule has 33 heavy (non-hydrogen) atoms. The minimum Gasteiger partial charge on any atom is -0.508 e. The molecule has 1 fully saturated rings. The summed E-state index contributed by atoms with van der Waals surface area (Å²) < 4.78 is 21.2. The van der Waals surface area contributed by atoms with Crippen LogP contribution in [0.1, 0.15) is 28.4 Å². The second-order valence-electron chi connectivity index (χ2n) is 7.68. The Morgan fingerprint density at radius 2 is 1.73 bits per heavy atom. The molecule has 11 heteroatoms. The van der Waals surface area contributed by atoms with E-state index in [1.165, 1.54) is 18.2 Å². The number of esters is 1. The van der Waals surface area contributed by atoms with Crippen LogP contribution >= 0.6 is 0 Å². The van der Waals surface area contributed by atoms with Crippen molar-refractivity contribution in [2.24, 2.45) is 0 Å². The highest BCUT2D eigenvalue weighted by atomic mass is 16.7. The van der Waals surface area contributed by atoms with E-state index in [4.69, 9.17) is 14.2 Å². The van der Waals surface area contributed by atoms with E-state index >= 15 is 0 Å². The van der Waals surface area contributed by atoms with Gasteiger partial charge in [0.25, 0.3) is 0 Å². The van der Waals surface area contributed by atoms with E-state index in [0.29, 0.717) is 5.56 Å². The van der Waals surface area contributed by atoms with Crippen molar-refractivity contribution in [3.63, 3.8) is 0 Å². The average molecular weight is 462 g/mol. The molecule has 0 amide bonds. The number of methoxy groups -OCH3 is 1. The normalized spacial score (nSPS) is 29.0. The lowest BCUT2D eigenvalue weighted by Crippen LogP contribution is -2.61. The number of ether oxygens (including phenoxy) is 4. The van der Waals surface area contributed by atoms with Crippen molar-refractivity contribution in [1.29, 1.82) is 0 Å². The Morgan fingerprint density at radius 1 is 1.03 bits per heavy atom. The van der Waals surface area contributed by atoms with Gasteiger partial charge in [-0.25, -0.2) is 4.79 Å². The average Bonchev–Trinajstić information content (AvgIpc) is 2.78. The van der Waals surface area contributed by atoms with Crippen LogP contribution in [-0.2, 0) is 14.3 Å². The number of aromatic hydroxyl groups is 2. The number of phenols is 2. The summed E-state index contributed by atoms with van der Waals surface area (Å²) in [6, 6.07) is 8.50. The maximum atomic E-state index is 12.6. The molecule has 2 aromatic carbocycles. The number of hydrogen-bond acceptors (Lipinski definition) is 11. The molecule has 2 heterocycles. The lowest BCUT2D eigenvalue weighted by Gasteiger charge is -2.39. The third-order valence-corrected chi connectivity index (χ3v) is 5.49. The Balaban J connectivity index is 1.59. The molecule has 0 spiro atoms. The van der Waals surface area contributed by atoms with E-state index in [2.05, 4.69) is 4.74 Å². The topological polar surface area (TPSA) is 172 Å². The molecule has 6 atom stereocenters. The van der Waals surface area contributed by atoms with Gasteiger partial charge in [0.15, 0.2) is 11.9 Å². The summed E-state index contributed by atoms with van der Waals surface area (Å²) in [6.07, 6.45) is -9.24. The molecule has 0 aromatic heterocycles. The lowest BCUT2D eigenvalue weighted by atomic mass is 9.95. The van der Waals surface area contributed by atoms with Crippen LogP contribution in [0.4, 0.5) is 0 Å². The van der Waals surface area contributed by atoms with Crippen molar-refractivity contribution in [3.05, 3.63) is 47.5 Å². The molecule has 0 aliphatic carbocycles. The Morgan fingerprint density at radius 3 is 2.39 bits per heavy atom. The molecule has 1 saturated heterocycles. The first-order valence-electron chi connectivity index (χ1n) is 9.99. The predicted molar refractivity (Wildman–Crippen MR) is 108 cm³/mol. The molecular formula is C22H22O11. The third kappa shape index (κ3) is 4.31. The minimum absolute atomic E-state index is 0.00900. The highest BCUT2D eigenvalue weighted by molar-refractivity contribution is 6.02. The molecule has 11 nitrogen and oxygen atoms in total. The molecule has 0 unspecified atom stereocenters. The Labute approximate surface area is 187 Å². The number of ketones is 1. The Hall–Kier alpha value is -3.38. The molecule has 176 valence electrons. The molecule has 5 N–H and O–H groups in total. The van der Waals surface area contributed by atoms with Gasteiger partial charge >= 0.3 is 5.97 Å². The molecule has 0 bridgehead atoms. The maximum Gasteiger partial charge on any atom is 0.337 e. The van der Waals surface area contributed by atoms with Gasteiger partial charge < -0.3 is 44.5 Å². The van der Waals surface area contributed by atoms with E-state index in [1.54, 1.807) is 12.1 Å². The molecule has 0 radical (unpaired) electrons. The van der Waals surface area contributed by atoms with Crippen molar-refractivity contribution in [2.75, 3.05) is 7.11 Å². The number of hydrogen-bond donors (Lipinski definition) is 5. The standard InChI is InChI=1S/C22H22O11/c1-30-21(29)20-18(27)17(26)19(28)22(33-20)31-11-6-12(24)16-13(25)8-14(32-15(16)7-11)9-2-4-10(23)5-3-9/h2-7,14,17-20,22-24,26-28H,8H2,1H3/t14-,17+,18+,19-,20+,22-/m1/s1. The van der Waals surface area contributed by atoms with Gasteiger partial charge in [-0.05, 0) is 17.7 Å². The van der Waals surface area contributed by atoms with Crippen LogP contribution in [0.2, 0.25) is 0 Å². The number of carbonyl (C=O) groups excluding carboxylic acids is 2. The monoisotopic (exact) mass is 462 g/mol. The summed E-state index contributed by atoms with van der Waals surface area (Å²) in [5.74, 6) is -1.83. The molecule has 4 rings (SSSR count). The van der Waals surface area contributed by atoms with Gasteiger partial charge in [-0.1, -0.05) is 12.1 Å². The fourth-order valence-corrected chi connectivity index (χ4v) is 3.75. The fourth-order valence-electron chi connectivity index (χ4n) is 3.75. The minimum atomic E-state index is -1.78. The van der Waals surface area contributed by atoms with Gasteiger partial charge in [0.05, 0.1) is 13.5 Å². The second kappa shape index (κ2) is 8.87. The number of carbonyl (C=O) groups is 2. The van der Waals surface area contributed by atoms with Crippen molar-refractivity contribution in [1.82, 2.24) is 0 Å². The summed E-state index contributed by atoms with van der Waals surface area (Å²) in [5.41, 5.74) is 0.576. The van der Waals surface area contributed by atoms with Crippen LogP contribution in [0.3, 0.4) is 0 Å². The van der Waals surface area contributed by atoms with Crippen LogP contribution in [-0.4, -0.2) is 75.1 Å². The predicted octanol–water partition coefficient (Wildman–Crippen LogP) is 0.164.